The number of benzene rings is 4. The molecule has 4 aliphatic rings. The van der Waals surface area contributed by atoms with E-state index in [-0.39, 0.29) is 22.3 Å². The van der Waals surface area contributed by atoms with Crippen LogP contribution < -0.4 is 0 Å². The highest BCUT2D eigenvalue weighted by Crippen LogP contribution is 2.43. The summed E-state index contributed by atoms with van der Waals surface area (Å²) < 4.78 is 109. The van der Waals surface area contributed by atoms with E-state index >= 15 is 0 Å². The molecule has 0 saturated heterocycles. The summed E-state index contributed by atoms with van der Waals surface area (Å²) in [6, 6.07) is 12.9. The Morgan fingerprint density at radius 3 is 1.11 bits per heavy atom. The summed E-state index contributed by atoms with van der Waals surface area (Å²) in [6.45, 7) is 10.7. The van der Waals surface area contributed by atoms with E-state index < -0.39 is 46.5 Å². The molecular weight excluding hydrogens is 849 g/mol. The number of hydrogen-bond acceptors (Lipinski definition) is 0. The first-order valence-corrected chi connectivity index (χ1v) is 25.3. The van der Waals surface area contributed by atoms with Crippen molar-refractivity contribution < 1.29 is 35.1 Å². The molecule has 8 heteroatoms. The Hall–Kier alpha value is -3.94. The van der Waals surface area contributed by atoms with E-state index in [0.717, 1.165) is 122 Å². The molecule has 0 bridgehead atoms. The Morgan fingerprint density at radius 2 is 0.773 bits per heavy atom. The van der Waals surface area contributed by atoms with Crippen LogP contribution in [0.3, 0.4) is 0 Å². The van der Waals surface area contributed by atoms with Gasteiger partial charge in [0.25, 0.3) is 0 Å². The molecule has 0 nitrogen and oxygen atoms in total. The summed E-state index contributed by atoms with van der Waals surface area (Å²) in [4.78, 5) is 0. The molecule has 4 saturated carbocycles. The molecule has 0 amide bonds. The second-order valence-corrected chi connectivity index (χ2v) is 20.1. The third-order valence-corrected chi connectivity index (χ3v) is 15.9. The average molecular weight is 921 g/mol. The number of rotatable bonds is 11. The largest absolute Gasteiger partial charge is 0.206 e. The fourth-order valence-electron chi connectivity index (χ4n) is 11.8. The molecule has 8 rings (SSSR count). The minimum absolute atomic E-state index is 0.00476. The summed E-state index contributed by atoms with van der Waals surface area (Å²) in [5, 5.41) is 0. The minimum Gasteiger partial charge on any atom is -0.206 e. The molecule has 0 radical (unpaired) electrons. The van der Waals surface area contributed by atoms with Crippen molar-refractivity contribution in [1.82, 2.24) is 0 Å². The number of halogens is 8. The normalized spacial score (nSPS) is 25.5. The Morgan fingerprint density at radius 1 is 0.424 bits per heavy atom. The van der Waals surface area contributed by atoms with Crippen LogP contribution in [0, 0.1) is 82.0 Å². The molecule has 0 aliphatic heterocycles. The predicted molar refractivity (Wildman–Crippen MR) is 254 cm³/mol. The highest BCUT2D eigenvalue weighted by atomic mass is 19.2. The molecule has 0 atom stereocenters. The van der Waals surface area contributed by atoms with Gasteiger partial charge in [-0.1, -0.05) is 96.1 Å². The molecule has 4 aromatic carbocycles. The standard InChI is InChI=1S/C21H22F4.C20H20F4.C17H30/c1-2-3-13-4-6-14(7-5-13)15-8-9-17(18(22)10-15)16-11-19(23)21(25)20(24)12-16;1-2-12-3-5-13(6-4-12)14-7-8-16(17(21)9-14)15-10-18(22)20(24)19(23)11-15;1-3-5-15-8-12-17(13-9-15)16-10-6-14(4-2)7-11-16/h8-14H,2-7H2,1H3;7-13H,2-6H2,1H3;4,14-17H,2-3,5-13H2,1H3. The zero-order chi connectivity index (χ0) is 47.3. The van der Waals surface area contributed by atoms with E-state index in [1.54, 1.807) is 0 Å². The van der Waals surface area contributed by atoms with Crippen molar-refractivity contribution in [3.8, 4) is 22.3 Å². The molecule has 4 fully saturated rings. The fraction of sp³-hybridized carbons (Fsp3) is 0.552. The Kier molecular flexibility index (Phi) is 19.4. The van der Waals surface area contributed by atoms with Crippen LogP contribution >= 0.6 is 0 Å². The summed E-state index contributed by atoms with van der Waals surface area (Å²) in [5.41, 5.74) is 2.03. The van der Waals surface area contributed by atoms with Crippen LogP contribution in [0.25, 0.3) is 22.3 Å². The fourth-order valence-corrected chi connectivity index (χ4v) is 11.8. The minimum atomic E-state index is -1.54. The quantitative estimate of drug-likeness (QED) is 0.0799. The van der Waals surface area contributed by atoms with Gasteiger partial charge in [0.15, 0.2) is 34.9 Å². The lowest BCUT2D eigenvalue weighted by atomic mass is 9.69. The first-order chi connectivity index (χ1) is 31.8. The number of hydrogen-bond donors (Lipinski definition) is 0. The zero-order valence-electron chi connectivity index (χ0n) is 39.5. The van der Waals surface area contributed by atoms with Crippen molar-refractivity contribution >= 4 is 0 Å². The Labute approximate surface area is 390 Å². The van der Waals surface area contributed by atoms with E-state index in [1.807, 2.05) is 12.1 Å². The molecule has 0 aromatic heterocycles. The van der Waals surface area contributed by atoms with Crippen LogP contribution in [-0.2, 0) is 0 Å². The Balaban J connectivity index is 0.000000167. The third-order valence-electron chi connectivity index (χ3n) is 15.9. The van der Waals surface area contributed by atoms with Crippen molar-refractivity contribution in [3.63, 3.8) is 0 Å². The van der Waals surface area contributed by atoms with Gasteiger partial charge >= 0.3 is 0 Å². The van der Waals surface area contributed by atoms with Gasteiger partial charge in [0.1, 0.15) is 11.6 Å². The van der Waals surface area contributed by atoms with Gasteiger partial charge < -0.3 is 0 Å². The topological polar surface area (TPSA) is 0 Å². The van der Waals surface area contributed by atoms with Crippen LogP contribution in [0.2, 0.25) is 0 Å². The summed E-state index contributed by atoms with van der Waals surface area (Å²) in [7, 11) is 0. The van der Waals surface area contributed by atoms with Crippen LogP contribution in [0.15, 0.2) is 73.3 Å². The predicted octanol–water partition coefficient (Wildman–Crippen LogP) is 19.2. The third kappa shape index (κ3) is 13.6. The number of allylic oxidation sites excluding steroid dienone is 1. The summed E-state index contributed by atoms with van der Waals surface area (Å²) in [5.74, 6) is -3.14. The molecule has 0 heterocycles. The van der Waals surface area contributed by atoms with Crippen molar-refractivity contribution in [3.05, 3.63) is 131 Å². The first-order valence-electron chi connectivity index (χ1n) is 25.3. The van der Waals surface area contributed by atoms with Gasteiger partial charge in [-0.15, -0.1) is 6.58 Å². The maximum absolute atomic E-state index is 14.5. The van der Waals surface area contributed by atoms with Crippen LogP contribution in [0.5, 0.6) is 0 Å². The highest BCUT2D eigenvalue weighted by molar-refractivity contribution is 5.66. The molecule has 4 aromatic rings. The van der Waals surface area contributed by atoms with Gasteiger partial charge in [0.2, 0.25) is 0 Å². The van der Waals surface area contributed by atoms with Crippen molar-refractivity contribution in [1.29, 1.82) is 0 Å². The van der Waals surface area contributed by atoms with Crippen molar-refractivity contribution in [2.24, 2.45) is 35.5 Å². The summed E-state index contributed by atoms with van der Waals surface area (Å²) in [6.07, 6.45) is 29.4. The maximum Gasteiger partial charge on any atom is 0.194 e. The lowest BCUT2D eigenvalue weighted by Gasteiger charge is -2.37. The molecule has 0 unspecified atom stereocenters. The summed E-state index contributed by atoms with van der Waals surface area (Å²) >= 11 is 0. The molecule has 66 heavy (non-hydrogen) atoms. The first kappa shape index (κ1) is 51.5. The van der Waals surface area contributed by atoms with Crippen LogP contribution in [-0.4, -0.2) is 0 Å². The molecular formula is C58H72F8. The maximum atomic E-state index is 14.5. The second kappa shape index (κ2) is 24.9. The lowest BCUT2D eigenvalue weighted by molar-refractivity contribution is 0.152. The molecule has 0 spiro atoms. The SMILES string of the molecule is C=CC1CCC(C2CCC(CCC)CC2)CC1.CCC1CCC(c2ccc(-c3cc(F)c(F)c(F)c3)c(F)c2)CC1.CCCC1CCC(c2ccc(-c3cc(F)c(F)c(F)c3)c(F)c2)CC1. The van der Waals surface area contributed by atoms with Gasteiger partial charge in [-0.05, 0) is 196 Å². The van der Waals surface area contributed by atoms with E-state index in [0.29, 0.717) is 11.8 Å². The van der Waals surface area contributed by atoms with Gasteiger partial charge in [-0.25, -0.2) is 35.1 Å². The van der Waals surface area contributed by atoms with Gasteiger partial charge in [-0.2, -0.15) is 0 Å². The molecule has 0 N–H and O–H groups in total. The van der Waals surface area contributed by atoms with E-state index in [1.165, 1.54) is 108 Å². The Bertz CT molecular complexity index is 2100. The van der Waals surface area contributed by atoms with E-state index in [2.05, 4.69) is 33.4 Å². The van der Waals surface area contributed by atoms with E-state index in [9.17, 15) is 35.1 Å². The molecule has 4 aliphatic carbocycles. The van der Waals surface area contributed by atoms with Crippen LogP contribution in [0.1, 0.15) is 179 Å². The lowest BCUT2D eigenvalue weighted by Crippen LogP contribution is -2.25. The highest BCUT2D eigenvalue weighted by Gasteiger charge is 2.30. The van der Waals surface area contributed by atoms with Crippen LogP contribution in [0.4, 0.5) is 35.1 Å². The molecule has 360 valence electrons. The monoisotopic (exact) mass is 921 g/mol. The van der Waals surface area contributed by atoms with Gasteiger partial charge in [-0.3, -0.25) is 0 Å². The zero-order valence-corrected chi connectivity index (χ0v) is 39.5. The average Bonchev–Trinajstić information content (AvgIpc) is 3.33. The van der Waals surface area contributed by atoms with Crippen molar-refractivity contribution in [2.45, 2.75) is 167 Å². The van der Waals surface area contributed by atoms with Gasteiger partial charge in [0.05, 0.1) is 0 Å². The van der Waals surface area contributed by atoms with E-state index in [4.69, 9.17) is 0 Å². The van der Waals surface area contributed by atoms with Crippen molar-refractivity contribution in [2.75, 3.05) is 0 Å². The smallest absolute Gasteiger partial charge is 0.194 e. The van der Waals surface area contributed by atoms with Gasteiger partial charge in [0, 0.05) is 11.1 Å². The second-order valence-electron chi connectivity index (χ2n) is 20.1.